The summed E-state index contributed by atoms with van der Waals surface area (Å²) in [6.45, 7) is 5.00. The van der Waals surface area contributed by atoms with Gasteiger partial charge in [0, 0.05) is 25.9 Å². The highest BCUT2D eigenvalue weighted by Crippen LogP contribution is 2.66. The number of nitrogens with zero attached hydrogens (tertiary/aromatic N) is 1. The van der Waals surface area contributed by atoms with Crippen molar-refractivity contribution in [3.8, 4) is 11.5 Å². The van der Waals surface area contributed by atoms with Crippen molar-refractivity contribution in [2.45, 2.75) is 84.1 Å². The van der Waals surface area contributed by atoms with Gasteiger partial charge in [0.2, 0.25) is 5.91 Å². The highest BCUT2D eigenvalue weighted by molar-refractivity contribution is 5.77. The molecule has 1 aromatic carbocycles. The average molecular weight is 468 g/mol. The summed E-state index contributed by atoms with van der Waals surface area (Å²) >= 11 is 0. The van der Waals surface area contributed by atoms with Crippen molar-refractivity contribution in [2.75, 3.05) is 14.2 Å². The fraction of sp³-hybridized carbons (Fsp3) is 0.724. The topological polar surface area (TPSA) is 55.8 Å². The molecule has 0 N–H and O–H groups in total. The van der Waals surface area contributed by atoms with Crippen molar-refractivity contribution in [2.24, 2.45) is 34.5 Å². The van der Waals surface area contributed by atoms with Crippen LogP contribution in [0.2, 0.25) is 0 Å². The molecule has 4 fully saturated rings. The van der Waals surface area contributed by atoms with Crippen LogP contribution in [0.25, 0.3) is 0 Å². The minimum Gasteiger partial charge on any atom is -0.493 e. The maximum atomic E-state index is 12.7. The van der Waals surface area contributed by atoms with Gasteiger partial charge in [0.1, 0.15) is 0 Å². The maximum absolute atomic E-state index is 12.7. The van der Waals surface area contributed by atoms with Crippen molar-refractivity contribution < 1.29 is 19.1 Å². The second-order valence-electron chi connectivity index (χ2n) is 12.0. The number of carbonyl (C=O) groups excluding carboxylic acids is 2. The number of likely N-dealkylation sites (tertiary alicyclic amines) is 1. The maximum Gasteiger partial charge on any atom is 0.311 e. The molecule has 5 nitrogen and oxygen atoms in total. The molecule has 3 aliphatic carbocycles. The molecular formula is C29H41NO4. The van der Waals surface area contributed by atoms with Crippen molar-refractivity contribution in [1.29, 1.82) is 0 Å². The number of piperidine rings is 1. The summed E-state index contributed by atoms with van der Waals surface area (Å²) in [6.07, 6.45) is 10.6. The van der Waals surface area contributed by atoms with E-state index in [1.54, 1.807) is 13.2 Å². The normalized spacial score (nSPS) is 39.1. The van der Waals surface area contributed by atoms with Gasteiger partial charge in [-0.2, -0.15) is 0 Å². The predicted molar refractivity (Wildman–Crippen MR) is 132 cm³/mol. The first-order chi connectivity index (χ1) is 16.3. The Morgan fingerprint density at radius 2 is 1.74 bits per heavy atom. The first-order valence-corrected chi connectivity index (χ1v) is 13.4. The van der Waals surface area contributed by atoms with Gasteiger partial charge in [-0.25, -0.2) is 0 Å². The van der Waals surface area contributed by atoms with E-state index >= 15 is 0 Å². The molecule has 0 bridgehead atoms. The molecule has 1 aromatic rings. The van der Waals surface area contributed by atoms with E-state index in [9.17, 15) is 9.59 Å². The average Bonchev–Trinajstić information content (AvgIpc) is 3.17. The number of hydrogen-bond acceptors (Lipinski definition) is 4. The number of benzene rings is 1. The molecule has 1 heterocycles. The van der Waals surface area contributed by atoms with Crippen molar-refractivity contribution >= 4 is 11.9 Å². The smallest absolute Gasteiger partial charge is 0.311 e. The molecule has 0 aromatic heterocycles. The van der Waals surface area contributed by atoms with Gasteiger partial charge in [-0.05, 0) is 98.0 Å². The second-order valence-corrected chi connectivity index (χ2v) is 12.0. The van der Waals surface area contributed by atoms with Gasteiger partial charge in [-0.3, -0.25) is 9.59 Å². The molecule has 5 rings (SSSR count). The Kier molecular flexibility index (Phi) is 6.18. The van der Waals surface area contributed by atoms with Gasteiger partial charge in [-0.15, -0.1) is 0 Å². The second kappa shape index (κ2) is 8.87. The van der Waals surface area contributed by atoms with Crippen LogP contribution in [0, 0.1) is 34.5 Å². The van der Waals surface area contributed by atoms with Gasteiger partial charge in [0.25, 0.3) is 0 Å². The molecular weight excluding hydrogens is 426 g/mol. The van der Waals surface area contributed by atoms with Crippen molar-refractivity contribution in [3.05, 3.63) is 24.3 Å². The highest BCUT2D eigenvalue weighted by atomic mass is 16.6. The first kappa shape index (κ1) is 23.7. The van der Waals surface area contributed by atoms with E-state index in [4.69, 9.17) is 9.47 Å². The number of esters is 1. The summed E-state index contributed by atoms with van der Waals surface area (Å²) < 4.78 is 11.0. The third-order valence-corrected chi connectivity index (χ3v) is 10.7. The zero-order valence-corrected chi connectivity index (χ0v) is 21.3. The minimum atomic E-state index is -0.159. The third kappa shape index (κ3) is 3.74. The van der Waals surface area contributed by atoms with Gasteiger partial charge in [0.05, 0.1) is 7.11 Å². The lowest BCUT2D eigenvalue weighted by atomic mass is 9.46. The summed E-state index contributed by atoms with van der Waals surface area (Å²) in [5, 5.41) is 0. The summed E-state index contributed by atoms with van der Waals surface area (Å²) in [6, 6.07) is 7.77. The zero-order valence-electron chi connectivity index (χ0n) is 21.3. The van der Waals surface area contributed by atoms with Gasteiger partial charge in [-0.1, -0.05) is 26.0 Å². The number of para-hydroxylation sites is 2. The summed E-state index contributed by atoms with van der Waals surface area (Å²) in [7, 11) is 3.63. The fourth-order valence-corrected chi connectivity index (χ4v) is 8.90. The summed E-state index contributed by atoms with van der Waals surface area (Å²) in [5.41, 5.74) is 0.592. The Balaban J connectivity index is 1.24. The lowest BCUT2D eigenvalue weighted by Gasteiger charge is -2.62. The molecule has 4 aliphatic rings. The van der Waals surface area contributed by atoms with Crippen LogP contribution in [-0.2, 0) is 9.59 Å². The highest BCUT2D eigenvalue weighted by Gasteiger charge is 2.60. The number of amides is 1. The van der Waals surface area contributed by atoms with Crippen LogP contribution in [0.1, 0.15) is 78.1 Å². The van der Waals surface area contributed by atoms with Gasteiger partial charge < -0.3 is 14.4 Å². The molecule has 34 heavy (non-hydrogen) atoms. The first-order valence-electron chi connectivity index (χ1n) is 13.4. The van der Waals surface area contributed by atoms with Crippen LogP contribution < -0.4 is 9.47 Å². The third-order valence-electron chi connectivity index (χ3n) is 10.7. The molecule has 0 radical (unpaired) electrons. The lowest BCUT2D eigenvalue weighted by molar-refractivity contribution is -0.158. The molecule has 1 amide bonds. The number of hydrogen-bond donors (Lipinski definition) is 0. The number of fused-ring (bicyclic) bond motifs is 5. The molecule has 0 spiro atoms. The lowest BCUT2D eigenvalue weighted by Crippen LogP contribution is -2.61. The Labute approximate surface area is 204 Å². The molecule has 0 unspecified atom stereocenters. The molecule has 3 saturated carbocycles. The Bertz CT molecular complexity index is 946. The summed E-state index contributed by atoms with van der Waals surface area (Å²) in [4.78, 5) is 27.1. The van der Waals surface area contributed by atoms with E-state index in [1.165, 1.54) is 32.1 Å². The van der Waals surface area contributed by atoms with Crippen LogP contribution in [0.3, 0.4) is 0 Å². The molecule has 7 atom stereocenters. The van der Waals surface area contributed by atoms with Crippen LogP contribution >= 0.6 is 0 Å². The van der Waals surface area contributed by atoms with Crippen LogP contribution in [-0.4, -0.2) is 37.0 Å². The van der Waals surface area contributed by atoms with Gasteiger partial charge >= 0.3 is 5.97 Å². The quantitative estimate of drug-likeness (QED) is 0.402. The Morgan fingerprint density at radius 3 is 2.50 bits per heavy atom. The van der Waals surface area contributed by atoms with Crippen molar-refractivity contribution in [3.63, 3.8) is 0 Å². The summed E-state index contributed by atoms with van der Waals surface area (Å²) in [5.74, 6) is 4.12. The van der Waals surface area contributed by atoms with E-state index in [-0.39, 0.29) is 11.4 Å². The van der Waals surface area contributed by atoms with Crippen LogP contribution in [0.5, 0.6) is 11.5 Å². The zero-order chi connectivity index (χ0) is 24.1. The monoisotopic (exact) mass is 467 g/mol. The van der Waals surface area contributed by atoms with E-state index in [0.717, 1.165) is 37.0 Å². The molecule has 186 valence electrons. The van der Waals surface area contributed by atoms with Crippen molar-refractivity contribution in [1.82, 2.24) is 4.90 Å². The molecule has 5 heteroatoms. The Morgan fingerprint density at radius 1 is 1.00 bits per heavy atom. The standard InChI is InChI=1S/C29H41NO4/c1-28-17-15-22-20(11-13-25-29(22,2)18-16-26(31)30(25)3)21(28)12-9-19(28)10-14-27(32)34-24-8-6-5-7-23(24)33-4/h5-8,19-22,25H,9-18H2,1-4H3/t19-,20+,21+,22+,25-,28-,29-/m1/s1. The van der Waals surface area contributed by atoms with Gasteiger partial charge in [0.15, 0.2) is 11.5 Å². The number of ether oxygens (including phenoxy) is 2. The number of methoxy groups -OCH3 is 1. The molecule has 1 saturated heterocycles. The largest absolute Gasteiger partial charge is 0.493 e. The predicted octanol–water partition coefficient (Wildman–Crippen LogP) is 5.86. The van der Waals surface area contributed by atoms with Crippen LogP contribution in [0.15, 0.2) is 24.3 Å². The van der Waals surface area contributed by atoms with E-state index in [0.29, 0.717) is 47.6 Å². The fourth-order valence-electron chi connectivity index (χ4n) is 8.90. The number of carbonyl (C=O) groups is 2. The Hall–Kier alpha value is -2.04. The van der Waals surface area contributed by atoms with E-state index in [1.807, 2.05) is 25.2 Å². The SMILES string of the molecule is COc1ccccc1OC(=O)CC[C@H]1CC[C@H]2[C@@H]3CC[C@H]4N(C)C(=O)CC[C@]4(C)[C@H]3CC[C@]12C. The number of rotatable bonds is 5. The van der Waals surface area contributed by atoms with E-state index < -0.39 is 0 Å². The molecule has 1 aliphatic heterocycles. The van der Waals surface area contributed by atoms with E-state index in [2.05, 4.69) is 18.7 Å². The van der Waals surface area contributed by atoms with Crippen LogP contribution in [0.4, 0.5) is 0 Å². The minimum absolute atomic E-state index is 0.159.